The molecule has 2 amide bonds. The van der Waals surface area contributed by atoms with Gasteiger partial charge in [0.15, 0.2) is 0 Å². The minimum atomic E-state index is -0.428. The summed E-state index contributed by atoms with van der Waals surface area (Å²) < 4.78 is 13.6. The lowest BCUT2D eigenvalue weighted by Crippen LogP contribution is -2.44. The van der Waals surface area contributed by atoms with Gasteiger partial charge in [0.25, 0.3) is 0 Å². The van der Waals surface area contributed by atoms with E-state index in [1.807, 2.05) is 0 Å². The van der Waals surface area contributed by atoms with E-state index >= 15 is 0 Å². The highest BCUT2D eigenvalue weighted by Gasteiger charge is 2.40. The Kier molecular flexibility index (Phi) is 4.10. The molecule has 1 saturated carbocycles. The maximum Gasteiger partial charge on any atom is 0.322 e. The maximum atomic E-state index is 13.6. The highest BCUT2D eigenvalue weighted by Crippen LogP contribution is 2.36. The van der Waals surface area contributed by atoms with Gasteiger partial charge in [-0.25, -0.2) is 9.18 Å². The van der Waals surface area contributed by atoms with Gasteiger partial charge in [-0.2, -0.15) is 0 Å². The molecule has 21 heavy (non-hydrogen) atoms. The molecule has 0 radical (unpaired) electrons. The summed E-state index contributed by atoms with van der Waals surface area (Å²) in [5, 5.41) is 12.7. The van der Waals surface area contributed by atoms with Gasteiger partial charge >= 0.3 is 6.03 Å². The number of hydrogen-bond acceptors (Lipinski definition) is 2. The number of amides is 2. The van der Waals surface area contributed by atoms with Gasteiger partial charge in [0, 0.05) is 18.5 Å². The second kappa shape index (κ2) is 6.02. The van der Waals surface area contributed by atoms with Gasteiger partial charge in [0.2, 0.25) is 0 Å². The molecular formula is C16H21FN2O2. The second-order valence-corrected chi connectivity index (χ2v) is 5.98. The number of urea groups is 1. The van der Waals surface area contributed by atoms with E-state index in [0.29, 0.717) is 6.54 Å². The van der Waals surface area contributed by atoms with Crippen LogP contribution in [0.15, 0.2) is 24.3 Å². The number of benzene rings is 1. The van der Waals surface area contributed by atoms with Crippen LogP contribution in [0, 0.1) is 11.7 Å². The van der Waals surface area contributed by atoms with Gasteiger partial charge in [-0.1, -0.05) is 18.6 Å². The third-order valence-electron chi connectivity index (χ3n) is 4.70. The van der Waals surface area contributed by atoms with E-state index in [0.717, 1.165) is 32.1 Å². The smallest absolute Gasteiger partial charge is 0.322 e. The zero-order chi connectivity index (χ0) is 14.8. The summed E-state index contributed by atoms with van der Waals surface area (Å²) in [5.41, 5.74) is 0.208. The van der Waals surface area contributed by atoms with Crippen molar-refractivity contribution in [1.82, 2.24) is 4.90 Å². The van der Waals surface area contributed by atoms with Crippen LogP contribution in [-0.4, -0.2) is 34.7 Å². The summed E-state index contributed by atoms with van der Waals surface area (Å²) in [5.74, 6) is -0.263. The average Bonchev–Trinajstić information content (AvgIpc) is 3.09. The van der Waals surface area contributed by atoms with E-state index in [1.165, 1.54) is 6.07 Å². The summed E-state index contributed by atoms with van der Waals surface area (Å²) in [6, 6.07) is 6.00. The number of aliphatic hydroxyl groups is 1. The van der Waals surface area contributed by atoms with Gasteiger partial charge in [-0.15, -0.1) is 0 Å². The number of rotatable bonds is 2. The first kappa shape index (κ1) is 14.3. The molecule has 0 spiro atoms. The second-order valence-electron chi connectivity index (χ2n) is 5.98. The van der Waals surface area contributed by atoms with Crippen molar-refractivity contribution in [3.63, 3.8) is 0 Å². The lowest BCUT2D eigenvalue weighted by atomic mass is 9.94. The van der Waals surface area contributed by atoms with Crippen molar-refractivity contribution in [3.05, 3.63) is 30.1 Å². The molecule has 1 aliphatic carbocycles. The van der Waals surface area contributed by atoms with Crippen LogP contribution in [0.1, 0.15) is 32.1 Å². The van der Waals surface area contributed by atoms with Crippen molar-refractivity contribution in [2.45, 2.75) is 44.2 Å². The predicted molar refractivity (Wildman–Crippen MR) is 78.5 cm³/mol. The van der Waals surface area contributed by atoms with Crippen LogP contribution < -0.4 is 5.32 Å². The van der Waals surface area contributed by atoms with Gasteiger partial charge in [-0.3, -0.25) is 0 Å². The minimum Gasteiger partial charge on any atom is -0.393 e. The number of nitrogens with zero attached hydrogens (tertiary/aromatic N) is 1. The molecule has 0 aromatic heterocycles. The molecule has 5 heteroatoms. The largest absolute Gasteiger partial charge is 0.393 e. The molecule has 3 atom stereocenters. The van der Waals surface area contributed by atoms with Crippen LogP contribution >= 0.6 is 0 Å². The normalized spacial score (nSPS) is 28.9. The van der Waals surface area contributed by atoms with Crippen LogP contribution in [0.4, 0.5) is 14.9 Å². The highest BCUT2D eigenvalue weighted by atomic mass is 19.1. The summed E-state index contributed by atoms with van der Waals surface area (Å²) in [7, 11) is 0. The first-order valence-corrected chi connectivity index (χ1v) is 7.67. The van der Waals surface area contributed by atoms with Crippen molar-refractivity contribution in [2.24, 2.45) is 5.92 Å². The van der Waals surface area contributed by atoms with Crippen LogP contribution in [0.5, 0.6) is 0 Å². The molecule has 3 rings (SSSR count). The third kappa shape index (κ3) is 2.88. The van der Waals surface area contributed by atoms with E-state index in [-0.39, 0.29) is 29.8 Å². The molecule has 1 aliphatic heterocycles. The fourth-order valence-electron chi connectivity index (χ4n) is 3.66. The number of nitrogens with one attached hydrogen (secondary N) is 1. The number of para-hydroxylation sites is 1. The molecule has 2 fully saturated rings. The molecule has 2 aliphatic rings. The fourth-order valence-corrected chi connectivity index (χ4v) is 3.66. The van der Waals surface area contributed by atoms with E-state index in [1.54, 1.807) is 23.1 Å². The fraction of sp³-hybridized carbons (Fsp3) is 0.562. The van der Waals surface area contributed by atoms with Gasteiger partial charge < -0.3 is 15.3 Å². The number of hydrogen-bond donors (Lipinski definition) is 2. The van der Waals surface area contributed by atoms with Crippen molar-refractivity contribution in [1.29, 1.82) is 0 Å². The highest BCUT2D eigenvalue weighted by molar-refractivity contribution is 5.89. The average molecular weight is 292 g/mol. The van der Waals surface area contributed by atoms with E-state index < -0.39 is 5.82 Å². The molecule has 1 aromatic carbocycles. The van der Waals surface area contributed by atoms with E-state index in [4.69, 9.17) is 0 Å². The predicted octanol–water partition coefficient (Wildman–Crippen LogP) is 2.98. The summed E-state index contributed by atoms with van der Waals surface area (Å²) in [6.45, 7) is 0.675. The van der Waals surface area contributed by atoms with Gasteiger partial charge in [-0.05, 0) is 37.8 Å². The lowest BCUT2D eigenvalue weighted by molar-refractivity contribution is 0.0867. The molecular weight excluding hydrogens is 271 g/mol. The number of anilines is 1. The zero-order valence-electron chi connectivity index (χ0n) is 12.0. The molecule has 2 N–H and O–H groups in total. The van der Waals surface area contributed by atoms with Crippen molar-refractivity contribution < 1.29 is 14.3 Å². The Hall–Kier alpha value is -1.62. The number of likely N-dealkylation sites (tertiary alicyclic amines) is 1. The number of aliphatic hydroxyl groups excluding tert-OH is 1. The van der Waals surface area contributed by atoms with Crippen LogP contribution in [0.25, 0.3) is 0 Å². The quantitative estimate of drug-likeness (QED) is 0.880. The Labute approximate surface area is 124 Å². The monoisotopic (exact) mass is 292 g/mol. The van der Waals surface area contributed by atoms with Crippen LogP contribution in [0.3, 0.4) is 0 Å². The SMILES string of the molecule is O=C(Nc1ccccc1F)N1CCCC1C1CCCC1O. The summed E-state index contributed by atoms with van der Waals surface area (Å²) in [4.78, 5) is 14.2. The summed E-state index contributed by atoms with van der Waals surface area (Å²) in [6.07, 6.45) is 4.37. The Morgan fingerprint density at radius 2 is 2.05 bits per heavy atom. The Morgan fingerprint density at radius 1 is 1.24 bits per heavy atom. The Bertz CT molecular complexity index is 523. The first-order valence-electron chi connectivity index (χ1n) is 7.67. The zero-order valence-corrected chi connectivity index (χ0v) is 12.0. The molecule has 1 heterocycles. The standard InChI is InChI=1S/C16H21FN2O2/c17-12-6-1-2-7-13(12)18-16(21)19-10-4-8-14(19)11-5-3-9-15(11)20/h1-2,6-7,11,14-15,20H,3-5,8-10H2,(H,18,21). The number of halogens is 1. The number of carbonyl (C=O) groups is 1. The lowest BCUT2D eigenvalue weighted by Gasteiger charge is -2.31. The Balaban J connectivity index is 1.70. The van der Waals surface area contributed by atoms with Crippen LogP contribution in [-0.2, 0) is 0 Å². The first-order chi connectivity index (χ1) is 10.2. The maximum absolute atomic E-state index is 13.6. The molecule has 1 saturated heterocycles. The van der Waals surface area contributed by atoms with Crippen LogP contribution in [0.2, 0.25) is 0 Å². The Morgan fingerprint density at radius 3 is 2.76 bits per heavy atom. The molecule has 4 nitrogen and oxygen atoms in total. The minimum absolute atomic E-state index is 0.0780. The van der Waals surface area contributed by atoms with Crippen molar-refractivity contribution >= 4 is 11.7 Å². The van der Waals surface area contributed by atoms with Gasteiger partial charge in [0.05, 0.1) is 11.8 Å². The third-order valence-corrected chi connectivity index (χ3v) is 4.70. The summed E-state index contributed by atoms with van der Waals surface area (Å²) >= 11 is 0. The molecule has 0 bridgehead atoms. The molecule has 3 unspecified atom stereocenters. The van der Waals surface area contributed by atoms with Gasteiger partial charge in [0.1, 0.15) is 5.82 Å². The van der Waals surface area contributed by atoms with Crippen molar-refractivity contribution in [2.75, 3.05) is 11.9 Å². The molecule has 1 aromatic rings. The van der Waals surface area contributed by atoms with Crippen molar-refractivity contribution in [3.8, 4) is 0 Å². The topological polar surface area (TPSA) is 52.6 Å². The molecule has 114 valence electrons. The van der Waals surface area contributed by atoms with E-state index in [9.17, 15) is 14.3 Å². The number of carbonyl (C=O) groups excluding carboxylic acids is 1. The van der Waals surface area contributed by atoms with E-state index in [2.05, 4.69) is 5.32 Å².